The zero-order valence-electron chi connectivity index (χ0n) is 10.2. The van der Waals surface area contributed by atoms with Crippen LogP contribution < -0.4 is 0 Å². The quantitative estimate of drug-likeness (QED) is 0.655. The van der Waals surface area contributed by atoms with E-state index in [4.69, 9.17) is 0 Å². The summed E-state index contributed by atoms with van der Waals surface area (Å²) < 4.78 is 0. The van der Waals surface area contributed by atoms with E-state index in [0.717, 1.165) is 18.3 Å². The van der Waals surface area contributed by atoms with Crippen molar-refractivity contribution in [1.82, 2.24) is 0 Å². The van der Waals surface area contributed by atoms with Gasteiger partial charge in [-0.05, 0) is 56.3 Å². The van der Waals surface area contributed by atoms with E-state index in [0.29, 0.717) is 11.8 Å². The zero-order chi connectivity index (χ0) is 11.0. The summed E-state index contributed by atoms with van der Waals surface area (Å²) >= 11 is 0. The van der Waals surface area contributed by atoms with Gasteiger partial charge in [-0.3, -0.25) is 0 Å². The molecule has 0 bridgehead atoms. The van der Waals surface area contributed by atoms with Gasteiger partial charge >= 0.3 is 0 Å². The standard InChI is InChI=1S/C14H24O/c1-9(2)11-6-7-14(15)12-5-4-10(3)8-13(11)12/h8-9,11-15H,4-7H2,1-3H3/t11-,12-,13+,14+/m1/s1. The first-order valence-electron chi connectivity index (χ1n) is 6.45. The van der Waals surface area contributed by atoms with Crippen LogP contribution in [0.15, 0.2) is 11.6 Å². The largest absolute Gasteiger partial charge is 0.393 e. The van der Waals surface area contributed by atoms with E-state index in [1.807, 2.05) is 0 Å². The summed E-state index contributed by atoms with van der Waals surface area (Å²) in [5, 5.41) is 10.1. The molecular weight excluding hydrogens is 184 g/mol. The average Bonchev–Trinajstić information content (AvgIpc) is 2.17. The molecule has 0 unspecified atom stereocenters. The van der Waals surface area contributed by atoms with Gasteiger partial charge in [0.1, 0.15) is 0 Å². The molecule has 0 aromatic carbocycles. The molecule has 2 aliphatic carbocycles. The van der Waals surface area contributed by atoms with Crippen molar-refractivity contribution in [3.8, 4) is 0 Å². The van der Waals surface area contributed by atoms with Crippen LogP contribution in [0, 0.1) is 23.7 Å². The van der Waals surface area contributed by atoms with Crippen molar-refractivity contribution in [3.05, 3.63) is 11.6 Å². The molecule has 0 heterocycles. The second-order valence-electron chi connectivity index (χ2n) is 5.85. The van der Waals surface area contributed by atoms with Crippen LogP contribution in [0.25, 0.3) is 0 Å². The predicted molar refractivity (Wildman–Crippen MR) is 63.5 cm³/mol. The number of fused-ring (bicyclic) bond motifs is 1. The molecule has 2 rings (SSSR count). The van der Waals surface area contributed by atoms with Crippen molar-refractivity contribution in [2.24, 2.45) is 23.7 Å². The van der Waals surface area contributed by atoms with Crippen molar-refractivity contribution in [3.63, 3.8) is 0 Å². The molecule has 0 spiro atoms. The van der Waals surface area contributed by atoms with Crippen LogP contribution in [0.1, 0.15) is 46.5 Å². The Balaban J connectivity index is 2.20. The third-order valence-corrected chi connectivity index (χ3v) is 4.48. The average molecular weight is 208 g/mol. The molecule has 0 aliphatic heterocycles. The smallest absolute Gasteiger partial charge is 0.0574 e. The summed E-state index contributed by atoms with van der Waals surface area (Å²) in [6.45, 7) is 6.91. The van der Waals surface area contributed by atoms with Crippen LogP contribution in [0.3, 0.4) is 0 Å². The number of allylic oxidation sites excluding steroid dienone is 2. The molecule has 2 aliphatic rings. The van der Waals surface area contributed by atoms with Gasteiger partial charge in [0.2, 0.25) is 0 Å². The summed E-state index contributed by atoms with van der Waals surface area (Å²) in [4.78, 5) is 0. The Bertz CT molecular complexity index is 254. The van der Waals surface area contributed by atoms with Crippen LogP contribution in [0.5, 0.6) is 0 Å². The number of hydrogen-bond acceptors (Lipinski definition) is 1. The number of hydrogen-bond donors (Lipinski definition) is 1. The van der Waals surface area contributed by atoms with Gasteiger partial charge in [-0.1, -0.05) is 25.5 Å². The van der Waals surface area contributed by atoms with Gasteiger partial charge in [0.05, 0.1) is 6.10 Å². The Labute approximate surface area is 93.6 Å². The summed E-state index contributed by atoms with van der Waals surface area (Å²) in [6, 6.07) is 0. The van der Waals surface area contributed by atoms with Gasteiger partial charge in [0, 0.05) is 0 Å². The third-order valence-electron chi connectivity index (χ3n) is 4.48. The summed E-state index contributed by atoms with van der Waals surface area (Å²) in [6.07, 6.45) is 7.07. The number of aliphatic hydroxyl groups is 1. The van der Waals surface area contributed by atoms with Crippen molar-refractivity contribution in [2.75, 3.05) is 0 Å². The fraction of sp³-hybridized carbons (Fsp3) is 0.857. The summed E-state index contributed by atoms with van der Waals surface area (Å²) in [5.74, 6) is 2.76. The van der Waals surface area contributed by atoms with E-state index in [9.17, 15) is 5.11 Å². The lowest BCUT2D eigenvalue weighted by atomic mass is 9.63. The normalized spacial score (nSPS) is 41.3. The van der Waals surface area contributed by atoms with Crippen molar-refractivity contribution in [2.45, 2.75) is 52.6 Å². The molecule has 1 saturated carbocycles. The van der Waals surface area contributed by atoms with Crippen LogP contribution in [0.2, 0.25) is 0 Å². The third kappa shape index (κ3) is 2.13. The van der Waals surface area contributed by atoms with Gasteiger partial charge in [-0.25, -0.2) is 0 Å². The van der Waals surface area contributed by atoms with E-state index < -0.39 is 0 Å². The van der Waals surface area contributed by atoms with Crippen molar-refractivity contribution >= 4 is 0 Å². The first kappa shape index (κ1) is 11.2. The van der Waals surface area contributed by atoms with Gasteiger partial charge in [0.25, 0.3) is 0 Å². The van der Waals surface area contributed by atoms with Crippen LogP contribution >= 0.6 is 0 Å². The SMILES string of the molecule is CC1=C[C@@H]2[C@@H](CC1)[C@@H](O)CC[C@@H]2C(C)C. The molecule has 0 aromatic heterocycles. The van der Waals surface area contributed by atoms with E-state index in [1.54, 1.807) is 0 Å². The Hall–Kier alpha value is -0.300. The molecular formula is C14H24O. The predicted octanol–water partition coefficient (Wildman–Crippen LogP) is 3.39. The van der Waals surface area contributed by atoms with Gasteiger partial charge in [0.15, 0.2) is 0 Å². The highest BCUT2D eigenvalue weighted by Crippen LogP contribution is 2.45. The molecule has 1 heteroatoms. The maximum Gasteiger partial charge on any atom is 0.0574 e. The molecule has 4 atom stereocenters. The van der Waals surface area contributed by atoms with Gasteiger partial charge in [-0.15, -0.1) is 0 Å². The molecule has 86 valence electrons. The minimum Gasteiger partial charge on any atom is -0.393 e. The minimum absolute atomic E-state index is 0.0330. The van der Waals surface area contributed by atoms with Gasteiger partial charge < -0.3 is 5.11 Å². The van der Waals surface area contributed by atoms with E-state index in [1.165, 1.54) is 24.8 Å². The lowest BCUT2D eigenvalue weighted by molar-refractivity contribution is -0.000989. The van der Waals surface area contributed by atoms with E-state index in [-0.39, 0.29) is 6.10 Å². The fourth-order valence-electron chi connectivity index (χ4n) is 3.56. The Morgan fingerprint density at radius 1 is 1.27 bits per heavy atom. The molecule has 1 nitrogen and oxygen atoms in total. The molecule has 15 heavy (non-hydrogen) atoms. The molecule has 0 amide bonds. The highest BCUT2D eigenvalue weighted by Gasteiger charge is 2.39. The molecule has 1 N–H and O–H groups in total. The molecule has 1 fully saturated rings. The van der Waals surface area contributed by atoms with Crippen LogP contribution in [-0.4, -0.2) is 11.2 Å². The van der Waals surface area contributed by atoms with Crippen LogP contribution in [0.4, 0.5) is 0 Å². The van der Waals surface area contributed by atoms with Crippen molar-refractivity contribution in [1.29, 1.82) is 0 Å². The minimum atomic E-state index is -0.0330. The highest BCUT2D eigenvalue weighted by atomic mass is 16.3. The first-order valence-corrected chi connectivity index (χ1v) is 6.45. The Morgan fingerprint density at radius 2 is 2.00 bits per heavy atom. The molecule has 0 saturated heterocycles. The van der Waals surface area contributed by atoms with E-state index in [2.05, 4.69) is 26.8 Å². The maximum atomic E-state index is 10.1. The Morgan fingerprint density at radius 3 is 2.67 bits per heavy atom. The van der Waals surface area contributed by atoms with Crippen LogP contribution in [-0.2, 0) is 0 Å². The monoisotopic (exact) mass is 208 g/mol. The second kappa shape index (κ2) is 4.29. The summed E-state index contributed by atoms with van der Waals surface area (Å²) in [5.41, 5.74) is 1.54. The van der Waals surface area contributed by atoms with Gasteiger partial charge in [-0.2, -0.15) is 0 Å². The number of aliphatic hydroxyl groups excluding tert-OH is 1. The fourth-order valence-corrected chi connectivity index (χ4v) is 3.56. The summed E-state index contributed by atoms with van der Waals surface area (Å²) in [7, 11) is 0. The lowest BCUT2D eigenvalue weighted by Crippen LogP contribution is -2.40. The lowest BCUT2D eigenvalue weighted by Gasteiger charge is -2.44. The number of rotatable bonds is 1. The van der Waals surface area contributed by atoms with Crippen molar-refractivity contribution < 1.29 is 5.11 Å². The maximum absolute atomic E-state index is 10.1. The van der Waals surface area contributed by atoms with E-state index >= 15 is 0 Å². The zero-order valence-corrected chi connectivity index (χ0v) is 10.2. The topological polar surface area (TPSA) is 20.2 Å². The molecule has 0 aromatic rings. The highest BCUT2D eigenvalue weighted by molar-refractivity contribution is 5.11. The molecule has 0 radical (unpaired) electrons. The first-order chi connectivity index (χ1) is 7.09. The Kier molecular flexibility index (Phi) is 3.20. The second-order valence-corrected chi connectivity index (χ2v) is 5.85.